The standard InChI is InChI=1S/C20H30N2/c1-3-4-5-6-7-8-9-12-18(2)19-13-10-11-14-20(19)22-16-15-21-17-22/h10-11,13-18H,3-9,12H2,1-2H3/t18-/m0/s1. The van der Waals surface area contributed by atoms with Crippen LogP contribution in [-0.4, -0.2) is 9.55 Å². The molecule has 0 saturated heterocycles. The van der Waals surface area contributed by atoms with E-state index in [1.54, 1.807) is 0 Å². The van der Waals surface area contributed by atoms with Crippen molar-refractivity contribution in [2.24, 2.45) is 0 Å². The Morgan fingerprint density at radius 1 is 1.00 bits per heavy atom. The highest BCUT2D eigenvalue weighted by atomic mass is 15.0. The molecule has 2 aromatic rings. The van der Waals surface area contributed by atoms with Crippen molar-refractivity contribution in [1.82, 2.24) is 9.55 Å². The largest absolute Gasteiger partial charge is 0.306 e. The Balaban J connectivity index is 1.82. The van der Waals surface area contributed by atoms with Gasteiger partial charge in [-0.1, -0.05) is 77.0 Å². The summed E-state index contributed by atoms with van der Waals surface area (Å²) in [6.45, 7) is 4.63. The number of rotatable bonds is 10. The lowest BCUT2D eigenvalue weighted by atomic mass is 9.93. The fraction of sp³-hybridized carbons (Fsp3) is 0.550. The molecule has 22 heavy (non-hydrogen) atoms. The van der Waals surface area contributed by atoms with E-state index >= 15 is 0 Å². The zero-order valence-electron chi connectivity index (χ0n) is 14.2. The quantitative estimate of drug-likeness (QED) is 0.483. The van der Waals surface area contributed by atoms with Crippen LogP contribution in [0.4, 0.5) is 0 Å². The second-order valence-electron chi connectivity index (χ2n) is 6.34. The summed E-state index contributed by atoms with van der Waals surface area (Å²) in [5.74, 6) is 0.606. The molecule has 2 nitrogen and oxygen atoms in total. The van der Waals surface area contributed by atoms with Crippen molar-refractivity contribution < 1.29 is 0 Å². The maximum atomic E-state index is 4.17. The zero-order valence-corrected chi connectivity index (χ0v) is 14.2. The average molecular weight is 298 g/mol. The lowest BCUT2D eigenvalue weighted by molar-refractivity contribution is 0.549. The van der Waals surface area contributed by atoms with Crippen LogP contribution in [-0.2, 0) is 0 Å². The van der Waals surface area contributed by atoms with Gasteiger partial charge >= 0.3 is 0 Å². The summed E-state index contributed by atoms with van der Waals surface area (Å²) in [6, 6.07) is 8.72. The molecule has 120 valence electrons. The van der Waals surface area contributed by atoms with Gasteiger partial charge in [0.2, 0.25) is 0 Å². The minimum absolute atomic E-state index is 0.606. The first-order valence-corrected chi connectivity index (χ1v) is 8.90. The molecule has 0 N–H and O–H groups in total. The molecule has 0 unspecified atom stereocenters. The molecule has 0 radical (unpaired) electrons. The molecule has 2 heteroatoms. The molecule has 0 amide bonds. The SMILES string of the molecule is CCCCCCCCC[C@H](C)c1ccccc1-n1ccnc1. The molecule has 1 aromatic carbocycles. The highest BCUT2D eigenvalue weighted by molar-refractivity contribution is 5.42. The van der Waals surface area contributed by atoms with Gasteiger partial charge in [0.25, 0.3) is 0 Å². The van der Waals surface area contributed by atoms with E-state index in [0.29, 0.717) is 5.92 Å². The fourth-order valence-electron chi connectivity index (χ4n) is 3.10. The fourth-order valence-corrected chi connectivity index (χ4v) is 3.10. The smallest absolute Gasteiger partial charge is 0.0991 e. The highest BCUT2D eigenvalue weighted by Crippen LogP contribution is 2.27. The first kappa shape index (κ1) is 16.8. The summed E-state index contributed by atoms with van der Waals surface area (Å²) in [7, 11) is 0. The van der Waals surface area contributed by atoms with Crippen LogP contribution in [0.15, 0.2) is 43.0 Å². The summed E-state index contributed by atoms with van der Waals surface area (Å²) >= 11 is 0. The Labute approximate surface area is 135 Å². The first-order chi connectivity index (χ1) is 10.8. The van der Waals surface area contributed by atoms with Crippen LogP contribution in [0.2, 0.25) is 0 Å². The van der Waals surface area contributed by atoms with Crippen molar-refractivity contribution >= 4 is 0 Å². The van der Waals surface area contributed by atoms with E-state index in [4.69, 9.17) is 0 Å². The molecule has 1 aromatic heterocycles. The zero-order chi connectivity index (χ0) is 15.6. The maximum Gasteiger partial charge on any atom is 0.0991 e. The number of aromatic nitrogens is 2. The van der Waals surface area contributed by atoms with E-state index in [0.717, 1.165) is 0 Å². The van der Waals surface area contributed by atoms with E-state index in [2.05, 4.69) is 47.7 Å². The van der Waals surface area contributed by atoms with Gasteiger partial charge in [0, 0.05) is 18.1 Å². The van der Waals surface area contributed by atoms with E-state index in [-0.39, 0.29) is 0 Å². The third-order valence-electron chi connectivity index (χ3n) is 4.49. The predicted octanol–water partition coefficient (Wildman–Crippen LogP) is 6.12. The molecule has 0 fully saturated rings. The second-order valence-corrected chi connectivity index (χ2v) is 6.34. The number of benzene rings is 1. The lowest BCUT2D eigenvalue weighted by Gasteiger charge is -2.17. The maximum absolute atomic E-state index is 4.17. The third kappa shape index (κ3) is 5.01. The molecule has 0 aliphatic heterocycles. The van der Waals surface area contributed by atoms with E-state index < -0.39 is 0 Å². The number of imidazole rings is 1. The van der Waals surface area contributed by atoms with Gasteiger partial charge in [0.15, 0.2) is 0 Å². The number of hydrogen-bond acceptors (Lipinski definition) is 1. The van der Waals surface area contributed by atoms with Gasteiger partial charge in [0.1, 0.15) is 0 Å². The van der Waals surface area contributed by atoms with E-state index in [1.165, 1.54) is 62.6 Å². The highest BCUT2D eigenvalue weighted by Gasteiger charge is 2.11. The summed E-state index contributed by atoms with van der Waals surface area (Å²) in [6.07, 6.45) is 16.7. The van der Waals surface area contributed by atoms with Crippen molar-refractivity contribution in [1.29, 1.82) is 0 Å². The lowest BCUT2D eigenvalue weighted by Crippen LogP contribution is -2.01. The predicted molar refractivity (Wildman–Crippen MR) is 94.6 cm³/mol. The summed E-state index contributed by atoms with van der Waals surface area (Å²) < 4.78 is 2.12. The van der Waals surface area contributed by atoms with E-state index in [9.17, 15) is 0 Å². The van der Waals surface area contributed by atoms with Crippen LogP contribution >= 0.6 is 0 Å². The number of hydrogen-bond donors (Lipinski definition) is 0. The number of nitrogens with zero attached hydrogens (tertiary/aromatic N) is 2. The van der Waals surface area contributed by atoms with Crippen LogP contribution in [0, 0.1) is 0 Å². The monoisotopic (exact) mass is 298 g/mol. The van der Waals surface area contributed by atoms with Gasteiger partial charge in [-0.25, -0.2) is 4.98 Å². The number of unbranched alkanes of at least 4 members (excludes halogenated alkanes) is 6. The van der Waals surface area contributed by atoms with Gasteiger partial charge in [0.05, 0.1) is 6.33 Å². The van der Waals surface area contributed by atoms with Gasteiger partial charge in [-0.2, -0.15) is 0 Å². The first-order valence-electron chi connectivity index (χ1n) is 8.90. The van der Waals surface area contributed by atoms with Crippen LogP contribution in [0.1, 0.15) is 76.7 Å². The summed E-state index contributed by atoms with van der Waals surface area (Å²) in [5, 5.41) is 0. The van der Waals surface area contributed by atoms with Crippen LogP contribution in [0.25, 0.3) is 5.69 Å². The van der Waals surface area contributed by atoms with Crippen molar-refractivity contribution in [2.45, 2.75) is 71.1 Å². The van der Waals surface area contributed by atoms with Crippen molar-refractivity contribution in [3.63, 3.8) is 0 Å². The van der Waals surface area contributed by atoms with Crippen molar-refractivity contribution in [2.75, 3.05) is 0 Å². The molecule has 0 spiro atoms. The molecule has 0 saturated carbocycles. The van der Waals surface area contributed by atoms with Gasteiger partial charge < -0.3 is 4.57 Å². The van der Waals surface area contributed by atoms with Crippen LogP contribution in [0.5, 0.6) is 0 Å². The van der Waals surface area contributed by atoms with Crippen LogP contribution < -0.4 is 0 Å². The van der Waals surface area contributed by atoms with Crippen molar-refractivity contribution in [3.8, 4) is 5.69 Å². The third-order valence-corrected chi connectivity index (χ3v) is 4.49. The minimum atomic E-state index is 0.606. The molecular formula is C20H30N2. The Bertz CT molecular complexity index is 516. The second kappa shape index (κ2) is 9.45. The Hall–Kier alpha value is -1.57. The molecular weight excluding hydrogens is 268 g/mol. The Morgan fingerprint density at radius 3 is 2.45 bits per heavy atom. The Kier molecular flexibility index (Phi) is 7.21. The summed E-state index contributed by atoms with van der Waals surface area (Å²) in [4.78, 5) is 4.17. The van der Waals surface area contributed by atoms with Crippen LogP contribution in [0.3, 0.4) is 0 Å². The van der Waals surface area contributed by atoms with Gasteiger partial charge in [-0.15, -0.1) is 0 Å². The molecule has 0 bridgehead atoms. The van der Waals surface area contributed by atoms with Crippen molar-refractivity contribution in [3.05, 3.63) is 48.5 Å². The number of para-hydroxylation sites is 1. The summed E-state index contributed by atoms with van der Waals surface area (Å²) in [5.41, 5.74) is 2.71. The van der Waals surface area contributed by atoms with Gasteiger partial charge in [-0.3, -0.25) is 0 Å². The molecule has 0 aliphatic rings. The average Bonchev–Trinajstić information content (AvgIpc) is 3.08. The Morgan fingerprint density at radius 2 is 1.73 bits per heavy atom. The molecule has 1 atom stereocenters. The minimum Gasteiger partial charge on any atom is -0.306 e. The van der Waals surface area contributed by atoms with Gasteiger partial charge in [-0.05, 0) is 24.0 Å². The topological polar surface area (TPSA) is 17.8 Å². The molecule has 1 heterocycles. The van der Waals surface area contributed by atoms with E-state index in [1.807, 2.05) is 18.7 Å². The molecule has 2 rings (SSSR count). The normalized spacial score (nSPS) is 12.5. The molecule has 0 aliphatic carbocycles.